The quantitative estimate of drug-likeness (QED) is 0.845. The van der Waals surface area contributed by atoms with E-state index in [0.717, 1.165) is 4.88 Å². The van der Waals surface area contributed by atoms with E-state index in [1.165, 1.54) is 6.07 Å². The van der Waals surface area contributed by atoms with E-state index >= 15 is 0 Å². The second-order valence-electron chi connectivity index (χ2n) is 4.48. The first-order valence-corrected chi connectivity index (χ1v) is 7.48. The van der Waals surface area contributed by atoms with Crippen LogP contribution in [0.2, 0.25) is 0 Å². The number of rotatable bonds is 6. The molecular formula is C15H16F3NOS. The minimum absolute atomic E-state index is 0.146. The lowest BCUT2D eigenvalue weighted by atomic mass is 10.0. The van der Waals surface area contributed by atoms with Crippen LogP contribution < -0.4 is 10.1 Å². The van der Waals surface area contributed by atoms with Crippen LogP contribution >= 0.6 is 11.3 Å². The van der Waals surface area contributed by atoms with Gasteiger partial charge in [0.15, 0.2) is 0 Å². The van der Waals surface area contributed by atoms with Crippen LogP contribution in [0.1, 0.15) is 23.4 Å². The molecule has 0 aliphatic heterocycles. The molecule has 1 aromatic heterocycles. The van der Waals surface area contributed by atoms with Gasteiger partial charge < -0.3 is 10.1 Å². The highest BCUT2D eigenvalue weighted by atomic mass is 32.1. The van der Waals surface area contributed by atoms with Gasteiger partial charge in [0.1, 0.15) is 5.75 Å². The zero-order valence-corrected chi connectivity index (χ0v) is 12.3. The maximum atomic E-state index is 12.5. The minimum atomic E-state index is -4.68. The number of thiophene rings is 1. The molecule has 0 radical (unpaired) electrons. The molecule has 1 atom stereocenters. The second-order valence-corrected chi connectivity index (χ2v) is 5.51. The van der Waals surface area contributed by atoms with Crippen LogP contribution in [0.4, 0.5) is 13.2 Å². The lowest BCUT2D eigenvalue weighted by Gasteiger charge is -2.21. The summed E-state index contributed by atoms with van der Waals surface area (Å²) >= 11 is 1.59. The fraction of sp³-hybridized carbons (Fsp3) is 0.333. The van der Waals surface area contributed by atoms with E-state index in [4.69, 9.17) is 0 Å². The normalized spacial score (nSPS) is 13.1. The molecule has 0 saturated carbocycles. The molecule has 2 nitrogen and oxygen atoms in total. The Balaban J connectivity index is 2.27. The molecule has 0 spiro atoms. The van der Waals surface area contributed by atoms with Crippen LogP contribution in [-0.2, 0) is 6.42 Å². The van der Waals surface area contributed by atoms with Crippen molar-refractivity contribution in [3.63, 3.8) is 0 Å². The van der Waals surface area contributed by atoms with Crippen LogP contribution in [0.15, 0.2) is 41.8 Å². The van der Waals surface area contributed by atoms with Gasteiger partial charge in [-0.05, 0) is 24.1 Å². The molecule has 2 aromatic rings. The number of benzene rings is 1. The summed E-state index contributed by atoms with van der Waals surface area (Å²) in [5.41, 5.74) is 0.519. The van der Waals surface area contributed by atoms with E-state index < -0.39 is 6.36 Å². The number of alkyl halides is 3. The molecule has 2 rings (SSSR count). The van der Waals surface area contributed by atoms with E-state index in [1.54, 1.807) is 29.5 Å². The molecule has 1 unspecified atom stereocenters. The largest absolute Gasteiger partial charge is 0.573 e. The molecule has 0 bridgehead atoms. The summed E-state index contributed by atoms with van der Waals surface area (Å²) in [6.45, 7) is 2.59. The number of hydrogen-bond acceptors (Lipinski definition) is 3. The van der Waals surface area contributed by atoms with Gasteiger partial charge in [0, 0.05) is 22.9 Å². The maximum Gasteiger partial charge on any atom is 0.573 e. The van der Waals surface area contributed by atoms with Crippen molar-refractivity contribution in [3.8, 4) is 5.75 Å². The standard InChI is InChI=1S/C15H16F3NOS/c1-2-19-13(10-11-6-5-9-21-11)12-7-3-4-8-14(12)20-15(16,17)18/h3-9,13,19H,2,10H2,1H3. The van der Waals surface area contributed by atoms with E-state index in [9.17, 15) is 13.2 Å². The highest BCUT2D eigenvalue weighted by Gasteiger charge is 2.32. The van der Waals surface area contributed by atoms with Gasteiger partial charge in [0.2, 0.25) is 0 Å². The Morgan fingerprint density at radius 3 is 2.57 bits per heavy atom. The highest BCUT2D eigenvalue weighted by Crippen LogP contribution is 2.32. The highest BCUT2D eigenvalue weighted by molar-refractivity contribution is 7.09. The second kappa shape index (κ2) is 6.95. The molecule has 114 valence electrons. The Kier molecular flexibility index (Phi) is 5.25. The van der Waals surface area contributed by atoms with Crippen LogP contribution in [-0.4, -0.2) is 12.9 Å². The van der Waals surface area contributed by atoms with Gasteiger partial charge in [0.25, 0.3) is 0 Å². The first-order valence-electron chi connectivity index (χ1n) is 6.60. The molecule has 0 saturated heterocycles. The molecule has 6 heteroatoms. The third kappa shape index (κ3) is 4.75. The predicted octanol–water partition coefficient (Wildman–Crippen LogP) is 4.54. The molecule has 1 heterocycles. The fourth-order valence-electron chi connectivity index (χ4n) is 2.15. The minimum Gasteiger partial charge on any atom is -0.405 e. The molecule has 0 aliphatic rings. The van der Waals surface area contributed by atoms with Crippen molar-refractivity contribution < 1.29 is 17.9 Å². The van der Waals surface area contributed by atoms with Gasteiger partial charge in [-0.15, -0.1) is 24.5 Å². The molecule has 0 aliphatic carbocycles. The molecule has 21 heavy (non-hydrogen) atoms. The Hall–Kier alpha value is -1.53. The SMILES string of the molecule is CCNC(Cc1cccs1)c1ccccc1OC(F)(F)F. The Labute approximate surface area is 125 Å². The average molecular weight is 315 g/mol. The molecule has 1 N–H and O–H groups in total. The van der Waals surface area contributed by atoms with Gasteiger partial charge in [-0.3, -0.25) is 0 Å². The van der Waals surface area contributed by atoms with E-state index in [2.05, 4.69) is 10.1 Å². The van der Waals surface area contributed by atoms with Crippen LogP contribution in [0.5, 0.6) is 5.75 Å². The van der Waals surface area contributed by atoms with Crippen LogP contribution in [0.3, 0.4) is 0 Å². The number of ether oxygens (including phenoxy) is 1. The number of halogens is 3. The van der Waals surface area contributed by atoms with Gasteiger partial charge in [-0.1, -0.05) is 31.2 Å². The number of nitrogens with one attached hydrogen (secondary N) is 1. The number of para-hydroxylation sites is 1. The fourth-order valence-corrected chi connectivity index (χ4v) is 2.91. The summed E-state index contributed by atoms with van der Waals surface area (Å²) in [5, 5.41) is 5.18. The summed E-state index contributed by atoms with van der Waals surface area (Å²) in [4.78, 5) is 1.11. The lowest BCUT2D eigenvalue weighted by molar-refractivity contribution is -0.275. The third-order valence-electron chi connectivity index (χ3n) is 2.96. The topological polar surface area (TPSA) is 21.3 Å². The van der Waals surface area contributed by atoms with E-state index in [0.29, 0.717) is 18.5 Å². The Morgan fingerprint density at radius 1 is 1.19 bits per heavy atom. The molecule has 1 aromatic carbocycles. The van der Waals surface area contributed by atoms with Gasteiger partial charge in [0.05, 0.1) is 0 Å². The van der Waals surface area contributed by atoms with Crippen molar-refractivity contribution in [2.24, 2.45) is 0 Å². The van der Waals surface area contributed by atoms with Crippen molar-refractivity contribution in [3.05, 3.63) is 52.2 Å². The van der Waals surface area contributed by atoms with E-state index in [1.807, 2.05) is 24.4 Å². The van der Waals surface area contributed by atoms with Crippen molar-refractivity contribution in [2.45, 2.75) is 25.7 Å². The van der Waals surface area contributed by atoms with Gasteiger partial charge in [-0.25, -0.2) is 0 Å². The van der Waals surface area contributed by atoms with Crippen LogP contribution in [0.25, 0.3) is 0 Å². The Bertz CT molecular complexity index is 554. The first-order chi connectivity index (χ1) is 9.99. The lowest BCUT2D eigenvalue weighted by Crippen LogP contribution is -2.25. The summed E-state index contributed by atoms with van der Waals surface area (Å²) in [7, 11) is 0. The summed E-state index contributed by atoms with van der Waals surface area (Å²) in [5.74, 6) is -0.146. The van der Waals surface area contributed by atoms with Crippen molar-refractivity contribution >= 4 is 11.3 Å². The summed E-state index contributed by atoms with van der Waals surface area (Å²) in [6.07, 6.45) is -4.06. The van der Waals surface area contributed by atoms with Crippen molar-refractivity contribution in [1.82, 2.24) is 5.32 Å². The monoisotopic (exact) mass is 315 g/mol. The number of likely N-dealkylation sites (N-methyl/N-ethyl adjacent to an activating group) is 1. The number of hydrogen-bond donors (Lipinski definition) is 1. The summed E-state index contributed by atoms with van der Waals surface area (Å²) in [6, 6.07) is 9.97. The van der Waals surface area contributed by atoms with Crippen molar-refractivity contribution in [1.29, 1.82) is 0 Å². The van der Waals surface area contributed by atoms with Gasteiger partial charge in [-0.2, -0.15) is 0 Å². The zero-order chi connectivity index (χ0) is 15.3. The first kappa shape index (κ1) is 15.9. The predicted molar refractivity (Wildman–Crippen MR) is 77.6 cm³/mol. The van der Waals surface area contributed by atoms with Gasteiger partial charge >= 0.3 is 6.36 Å². The maximum absolute atomic E-state index is 12.5. The third-order valence-corrected chi connectivity index (χ3v) is 3.85. The van der Waals surface area contributed by atoms with Crippen LogP contribution in [0, 0.1) is 0 Å². The zero-order valence-electron chi connectivity index (χ0n) is 11.5. The Morgan fingerprint density at radius 2 is 1.95 bits per heavy atom. The average Bonchev–Trinajstić information content (AvgIpc) is 2.90. The molecule has 0 fully saturated rings. The van der Waals surface area contributed by atoms with Crippen molar-refractivity contribution in [2.75, 3.05) is 6.54 Å². The molecular weight excluding hydrogens is 299 g/mol. The molecule has 0 amide bonds. The van der Waals surface area contributed by atoms with E-state index in [-0.39, 0.29) is 11.8 Å². The smallest absolute Gasteiger partial charge is 0.405 e. The summed E-state index contributed by atoms with van der Waals surface area (Å²) < 4.78 is 41.7.